The lowest BCUT2D eigenvalue weighted by Crippen LogP contribution is -2.40. The second-order valence-electron chi connectivity index (χ2n) is 4.54. The van der Waals surface area contributed by atoms with Gasteiger partial charge in [-0.25, -0.2) is 13.0 Å². The van der Waals surface area contributed by atoms with Gasteiger partial charge in [-0.1, -0.05) is 25.8 Å². The number of nitrogens with zero attached hydrogens (tertiary/aromatic N) is 2. The highest BCUT2D eigenvalue weighted by molar-refractivity contribution is 7.89. The van der Waals surface area contributed by atoms with Gasteiger partial charge in [-0.3, -0.25) is 4.79 Å². The third-order valence-electron chi connectivity index (χ3n) is 2.98. The van der Waals surface area contributed by atoms with Gasteiger partial charge < -0.3 is 5.11 Å². The molecule has 0 aliphatic rings. The number of carbonyl (C=O) groups is 1. The average molecular weight is 313 g/mol. The topological polar surface area (TPSA) is 122 Å². The monoisotopic (exact) mass is 313 g/mol. The first-order valence-electron chi connectivity index (χ1n) is 6.42. The number of hydrogen-bond acceptors (Lipinski definition) is 6. The SMILES string of the molecule is CCCCC(NS(=O)(=O)c1cccc2nonc12)C(=O)O. The number of sulfonamides is 1. The van der Waals surface area contributed by atoms with E-state index in [-0.39, 0.29) is 16.8 Å². The van der Waals surface area contributed by atoms with Gasteiger partial charge >= 0.3 is 5.97 Å². The third-order valence-corrected chi connectivity index (χ3v) is 4.48. The molecule has 0 saturated carbocycles. The zero-order chi connectivity index (χ0) is 15.5. The van der Waals surface area contributed by atoms with Crippen molar-refractivity contribution in [2.24, 2.45) is 0 Å². The lowest BCUT2D eigenvalue weighted by atomic mass is 10.1. The number of carboxylic acids is 1. The molecule has 0 radical (unpaired) electrons. The van der Waals surface area contributed by atoms with Crippen LogP contribution in [0.25, 0.3) is 11.0 Å². The molecule has 9 heteroatoms. The summed E-state index contributed by atoms with van der Waals surface area (Å²) in [6, 6.07) is 3.19. The first kappa shape index (κ1) is 15.4. The summed E-state index contributed by atoms with van der Waals surface area (Å²) in [5.41, 5.74) is 0.364. The Bertz CT molecular complexity index is 740. The van der Waals surface area contributed by atoms with Gasteiger partial charge in [-0.05, 0) is 28.9 Å². The van der Waals surface area contributed by atoms with Crippen LogP contribution in [-0.4, -0.2) is 35.8 Å². The lowest BCUT2D eigenvalue weighted by molar-refractivity contribution is -0.139. The predicted octanol–water partition coefficient (Wildman–Crippen LogP) is 1.14. The van der Waals surface area contributed by atoms with Crippen LogP contribution in [0.15, 0.2) is 27.7 Å². The van der Waals surface area contributed by atoms with Crippen LogP contribution in [0.1, 0.15) is 26.2 Å². The molecule has 0 amide bonds. The van der Waals surface area contributed by atoms with E-state index in [9.17, 15) is 13.2 Å². The second kappa shape index (κ2) is 6.19. The molecule has 0 fully saturated rings. The number of aliphatic carboxylic acids is 1. The number of hydrogen-bond donors (Lipinski definition) is 2. The molecule has 0 saturated heterocycles. The molecule has 1 atom stereocenters. The lowest BCUT2D eigenvalue weighted by Gasteiger charge is -2.14. The highest BCUT2D eigenvalue weighted by atomic mass is 32.2. The minimum atomic E-state index is -4.02. The molecule has 1 unspecified atom stereocenters. The van der Waals surface area contributed by atoms with Gasteiger partial charge in [0.2, 0.25) is 10.0 Å². The normalized spacial score (nSPS) is 13.4. The van der Waals surface area contributed by atoms with Crippen molar-refractivity contribution in [2.75, 3.05) is 0 Å². The molecule has 0 spiro atoms. The largest absolute Gasteiger partial charge is 0.480 e. The van der Waals surface area contributed by atoms with Crippen LogP contribution < -0.4 is 4.72 Å². The van der Waals surface area contributed by atoms with Crippen molar-refractivity contribution < 1.29 is 22.9 Å². The Labute approximate surface area is 121 Å². The predicted molar refractivity (Wildman–Crippen MR) is 73.1 cm³/mol. The molecule has 8 nitrogen and oxygen atoms in total. The van der Waals surface area contributed by atoms with E-state index in [1.54, 1.807) is 6.07 Å². The Morgan fingerprint density at radius 2 is 2.19 bits per heavy atom. The maximum absolute atomic E-state index is 12.3. The first-order chi connectivity index (χ1) is 9.95. The van der Waals surface area contributed by atoms with E-state index in [0.29, 0.717) is 11.9 Å². The Balaban J connectivity index is 2.33. The van der Waals surface area contributed by atoms with Gasteiger partial charge in [0.25, 0.3) is 0 Å². The third kappa shape index (κ3) is 3.37. The summed E-state index contributed by atoms with van der Waals surface area (Å²) in [6.07, 6.45) is 1.60. The molecule has 1 heterocycles. The molecule has 2 aromatic rings. The van der Waals surface area contributed by atoms with Crippen LogP contribution in [0.5, 0.6) is 0 Å². The molecule has 2 N–H and O–H groups in total. The number of unbranched alkanes of at least 4 members (excludes halogenated alkanes) is 1. The Morgan fingerprint density at radius 1 is 1.43 bits per heavy atom. The Hall–Kier alpha value is -2.00. The van der Waals surface area contributed by atoms with Crippen LogP contribution in [0, 0.1) is 0 Å². The van der Waals surface area contributed by atoms with E-state index in [1.807, 2.05) is 6.92 Å². The van der Waals surface area contributed by atoms with Crippen molar-refractivity contribution in [1.29, 1.82) is 0 Å². The fraction of sp³-hybridized carbons (Fsp3) is 0.417. The van der Waals surface area contributed by atoms with Crippen molar-refractivity contribution in [3.63, 3.8) is 0 Å². The molecule has 0 aliphatic heterocycles. The van der Waals surface area contributed by atoms with E-state index in [4.69, 9.17) is 5.11 Å². The number of fused-ring (bicyclic) bond motifs is 1. The highest BCUT2D eigenvalue weighted by Crippen LogP contribution is 2.20. The van der Waals surface area contributed by atoms with Gasteiger partial charge in [0.15, 0.2) is 5.52 Å². The van der Waals surface area contributed by atoms with E-state index in [0.717, 1.165) is 6.42 Å². The summed E-state index contributed by atoms with van der Waals surface area (Å²) < 4.78 is 31.4. The molecular weight excluding hydrogens is 298 g/mol. The zero-order valence-corrected chi connectivity index (χ0v) is 12.1. The minimum absolute atomic E-state index is 0.0737. The van der Waals surface area contributed by atoms with Crippen molar-refractivity contribution >= 4 is 27.0 Å². The molecule has 114 valence electrons. The number of nitrogens with one attached hydrogen (secondary N) is 1. The van der Waals surface area contributed by atoms with Crippen molar-refractivity contribution in [1.82, 2.24) is 15.0 Å². The summed E-state index contributed by atoms with van der Waals surface area (Å²) in [6.45, 7) is 1.90. The fourth-order valence-electron chi connectivity index (χ4n) is 1.89. The molecule has 1 aromatic carbocycles. The van der Waals surface area contributed by atoms with Gasteiger partial charge in [0.05, 0.1) is 0 Å². The molecule has 2 rings (SSSR count). The van der Waals surface area contributed by atoms with E-state index >= 15 is 0 Å². The Morgan fingerprint density at radius 3 is 2.86 bits per heavy atom. The smallest absolute Gasteiger partial charge is 0.321 e. The van der Waals surface area contributed by atoms with Crippen molar-refractivity contribution in [3.8, 4) is 0 Å². The number of rotatable bonds is 7. The standard InChI is InChI=1S/C12H15N3O5S/c1-2-3-5-9(12(16)17)15-21(18,19)10-7-4-6-8-11(10)14-20-13-8/h4,6-7,9,15H,2-3,5H2,1H3,(H,16,17). The van der Waals surface area contributed by atoms with Crippen LogP contribution in [-0.2, 0) is 14.8 Å². The van der Waals surface area contributed by atoms with Crippen molar-refractivity contribution in [3.05, 3.63) is 18.2 Å². The highest BCUT2D eigenvalue weighted by Gasteiger charge is 2.27. The van der Waals surface area contributed by atoms with E-state index < -0.39 is 22.0 Å². The quantitative estimate of drug-likeness (QED) is 0.785. The summed E-state index contributed by atoms with van der Waals surface area (Å²) in [4.78, 5) is 11.0. The number of aromatic nitrogens is 2. The Kier molecular flexibility index (Phi) is 4.53. The van der Waals surface area contributed by atoms with E-state index in [2.05, 4.69) is 19.7 Å². The average Bonchev–Trinajstić information content (AvgIpc) is 2.91. The number of carboxylic acid groups (broad SMARTS) is 1. The van der Waals surface area contributed by atoms with Crippen LogP contribution in [0.2, 0.25) is 0 Å². The molecule has 0 aliphatic carbocycles. The minimum Gasteiger partial charge on any atom is -0.480 e. The van der Waals surface area contributed by atoms with Crippen LogP contribution in [0.4, 0.5) is 0 Å². The summed E-state index contributed by atoms with van der Waals surface area (Å²) in [5.74, 6) is -1.21. The number of benzene rings is 1. The molecule has 1 aromatic heterocycles. The summed E-state index contributed by atoms with van der Waals surface area (Å²) >= 11 is 0. The maximum Gasteiger partial charge on any atom is 0.321 e. The summed E-state index contributed by atoms with van der Waals surface area (Å²) in [7, 11) is -4.02. The van der Waals surface area contributed by atoms with Gasteiger partial charge in [0, 0.05) is 0 Å². The van der Waals surface area contributed by atoms with Gasteiger partial charge in [-0.2, -0.15) is 4.72 Å². The van der Waals surface area contributed by atoms with Gasteiger partial charge in [0.1, 0.15) is 16.5 Å². The molecule has 0 bridgehead atoms. The maximum atomic E-state index is 12.3. The van der Waals surface area contributed by atoms with Crippen molar-refractivity contribution in [2.45, 2.75) is 37.1 Å². The second-order valence-corrected chi connectivity index (χ2v) is 6.22. The molecular formula is C12H15N3O5S. The van der Waals surface area contributed by atoms with Gasteiger partial charge in [-0.15, -0.1) is 0 Å². The summed E-state index contributed by atoms with van der Waals surface area (Å²) in [5, 5.41) is 16.2. The van der Waals surface area contributed by atoms with Crippen LogP contribution >= 0.6 is 0 Å². The van der Waals surface area contributed by atoms with Crippen LogP contribution in [0.3, 0.4) is 0 Å². The first-order valence-corrected chi connectivity index (χ1v) is 7.90. The van der Waals surface area contributed by atoms with E-state index in [1.165, 1.54) is 12.1 Å². The zero-order valence-electron chi connectivity index (χ0n) is 11.3. The fourth-order valence-corrected chi connectivity index (χ4v) is 3.26. The molecule has 21 heavy (non-hydrogen) atoms.